The lowest BCUT2D eigenvalue weighted by molar-refractivity contribution is -0.137. The summed E-state index contributed by atoms with van der Waals surface area (Å²) >= 11 is 0. The van der Waals surface area contributed by atoms with E-state index in [0.29, 0.717) is 38.0 Å². The minimum Gasteiger partial charge on any atom is -0.365 e. The molecule has 0 N–H and O–H groups in total. The average Bonchev–Trinajstić information content (AvgIpc) is 3.46. The number of likely N-dealkylation sites (tertiary alicyclic amines) is 1. The van der Waals surface area contributed by atoms with E-state index in [0.717, 1.165) is 29.0 Å². The van der Waals surface area contributed by atoms with Crippen molar-refractivity contribution in [3.8, 4) is 11.3 Å². The Morgan fingerprint density at radius 2 is 1.75 bits per heavy atom. The number of ketones is 1. The number of likely N-dealkylation sites (N-methyl/N-ethyl adjacent to an activating group) is 1. The maximum absolute atomic E-state index is 13.2. The van der Waals surface area contributed by atoms with Gasteiger partial charge in [-0.1, -0.05) is 24.3 Å². The van der Waals surface area contributed by atoms with Gasteiger partial charge in [-0.2, -0.15) is 13.2 Å². The van der Waals surface area contributed by atoms with E-state index in [1.54, 1.807) is 23.2 Å². The predicted octanol–water partition coefficient (Wildman–Crippen LogP) is 4.81. The summed E-state index contributed by atoms with van der Waals surface area (Å²) in [5, 5.41) is 0. The van der Waals surface area contributed by atoms with Crippen molar-refractivity contribution in [1.29, 1.82) is 0 Å². The average molecular weight is 497 g/mol. The number of fused-ring (bicyclic) bond motifs is 3. The molecule has 188 valence electrons. The zero-order valence-electron chi connectivity index (χ0n) is 19.9. The highest BCUT2D eigenvalue weighted by Gasteiger charge is 2.34. The number of anilines is 1. The first-order chi connectivity index (χ1) is 17.2. The molecule has 0 bridgehead atoms. The van der Waals surface area contributed by atoms with Crippen molar-refractivity contribution in [1.82, 2.24) is 14.5 Å². The number of amides is 1. The van der Waals surface area contributed by atoms with Gasteiger partial charge in [-0.15, -0.1) is 0 Å². The van der Waals surface area contributed by atoms with Gasteiger partial charge in [-0.3, -0.25) is 9.59 Å². The van der Waals surface area contributed by atoms with Gasteiger partial charge in [-0.25, -0.2) is 4.98 Å². The van der Waals surface area contributed by atoms with Gasteiger partial charge in [0.1, 0.15) is 5.78 Å². The Balaban J connectivity index is 1.15. The molecule has 6 nitrogen and oxygen atoms in total. The molecule has 3 aromatic rings. The second kappa shape index (κ2) is 9.44. The first-order valence-corrected chi connectivity index (χ1v) is 12.0. The van der Waals surface area contributed by atoms with Crippen LogP contribution in [0.4, 0.5) is 18.9 Å². The molecule has 9 heteroatoms. The van der Waals surface area contributed by atoms with E-state index >= 15 is 0 Å². The van der Waals surface area contributed by atoms with Crippen molar-refractivity contribution in [2.75, 3.05) is 31.6 Å². The molecule has 0 aliphatic carbocycles. The molecule has 1 fully saturated rings. The number of aromatic nitrogens is 2. The molecular weight excluding hydrogens is 469 g/mol. The lowest BCUT2D eigenvalue weighted by atomic mass is 9.87. The Labute approximate surface area is 207 Å². The van der Waals surface area contributed by atoms with E-state index in [1.807, 2.05) is 18.3 Å². The van der Waals surface area contributed by atoms with E-state index in [-0.39, 0.29) is 30.2 Å². The van der Waals surface area contributed by atoms with Crippen LogP contribution in [-0.2, 0) is 15.8 Å². The van der Waals surface area contributed by atoms with Gasteiger partial charge in [0, 0.05) is 43.7 Å². The number of piperidine rings is 1. The molecule has 1 atom stereocenters. The predicted molar refractivity (Wildman–Crippen MR) is 129 cm³/mol. The Morgan fingerprint density at radius 1 is 1.06 bits per heavy atom. The molecule has 3 heterocycles. The number of hydrogen-bond acceptors (Lipinski definition) is 4. The van der Waals surface area contributed by atoms with Crippen LogP contribution in [0.5, 0.6) is 0 Å². The van der Waals surface area contributed by atoms with Gasteiger partial charge in [0.15, 0.2) is 0 Å². The van der Waals surface area contributed by atoms with Gasteiger partial charge in [-0.05, 0) is 42.7 Å². The molecule has 5 rings (SSSR count). The van der Waals surface area contributed by atoms with Crippen LogP contribution in [0.1, 0.15) is 36.4 Å². The number of halogens is 3. The topological polar surface area (TPSA) is 58.4 Å². The van der Waals surface area contributed by atoms with E-state index in [4.69, 9.17) is 0 Å². The number of rotatable bonds is 6. The van der Waals surface area contributed by atoms with Crippen LogP contribution in [0.2, 0.25) is 0 Å². The molecule has 1 unspecified atom stereocenters. The lowest BCUT2D eigenvalue weighted by Gasteiger charge is -2.33. The van der Waals surface area contributed by atoms with Crippen molar-refractivity contribution in [2.45, 2.75) is 31.5 Å². The van der Waals surface area contributed by atoms with Gasteiger partial charge in [0.25, 0.3) is 0 Å². The smallest absolute Gasteiger partial charge is 0.365 e. The number of hydrogen-bond donors (Lipinski definition) is 0. The Bertz CT molecular complexity index is 1260. The zero-order valence-corrected chi connectivity index (χ0v) is 19.9. The molecule has 36 heavy (non-hydrogen) atoms. The van der Waals surface area contributed by atoms with Gasteiger partial charge in [0.2, 0.25) is 5.91 Å². The molecule has 2 aliphatic heterocycles. The second-order valence-corrected chi connectivity index (χ2v) is 9.52. The molecule has 2 aromatic carbocycles. The lowest BCUT2D eigenvalue weighted by Crippen LogP contribution is -2.44. The number of Topliss-reactive ketones (excluding diaryl/α,β-unsaturated/α-hetero) is 1. The maximum atomic E-state index is 13.2. The molecule has 0 spiro atoms. The van der Waals surface area contributed by atoms with Crippen LogP contribution in [-0.4, -0.2) is 52.8 Å². The summed E-state index contributed by atoms with van der Waals surface area (Å²) in [6.07, 6.45) is 0.836. The van der Waals surface area contributed by atoms with Crippen molar-refractivity contribution < 1.29 is 22.8 Å². The monoisotopic (exact) mass is 496 g/mol. The normalized spacial score (nSPS) is 17.6. The summed E-state index contributed by atoms with van der Waals surface area (Å²) in [6, 6.07) is 12.8. The highest BCUT2D eigenvalue weighted by Crippen LogP contribution is 2.41. The van der Waals surface area contributed by atoms with Crippen LogP contribution < -0.4 is 4.90 Å². The third-order valence-electron chi connectivity index (χ3n) is 7.30. The van der Waals surface area contributed by atoms with Gasteiger partial charge < -0.3 is 14.4 Å². The molecule has 0 radical (unpaired) electrons. The van der Waals surface area contributed by atoms with Crippen LogP contribution in [0.25, 0.3) is 11.3 Å². The fraction of sp³-hybridized carbons (Fsp3) is 0.370. The fourth-order valence-corrected chi connectivity index (χ4v) is 5.25. The second-order valence-electron chi connectivity index (χ2n) is 9.52. The van der Waals surface area contributed by atoms with Crippen molar-refractivity contribution in [3.63, 3.8) is 0 Å². The molecule has 2 aliphatic rings. The van der Waals surface area contributed by atoms with E-state index in [2.05, 4.69) is 21.7 Å². The number of nitrogens with zero attached hydrogens (tertiary/aromatic N) is 4. The van der Waals surface area contributed by atoms with Gasteiger partial charge in [0.05, 0.1) is 36.4 Å². The number of imidazole rings is 1. The summed E-state index contributed by atoms with van der Waals surface area (Å²) < 4.78 is 40.4. The van der Waals surface area contributed by atoms with Crippen LogP contribution >= 0.6 is 0 Å². The van der Waals surface area contributed by atoms with Crippen molar-refractivity contribution in [3.05, 3.63) is 72.2 Å². The minimum atomic E-state index is -4.39. The molecule has 1 amide bonds. The fourth-order valence-electron chi connectivity index (χ4n) is 5.25. The van der Waals surface area contributed by atoms with Crippen molar-refractivity contribution in [2.24, 2.45) is 5.92 Å². The summed E-state index contributed by atoms with van der Waals surface area (Å²) in [6.45, 7) is 1.05. The highest BCUT2D eigenvalue weighted by atomic mass is 19.4. The van der Waals surface area contributed by atoms with E-state index in [9.17, 15) is 22.8 Å². The number of carbonyl (C=O) groups excluding carboxylic acids is 2. The SMILES string of the molecule is CN(CC(=O)N1CCC(C(=O)CC2c3ccccc3-c3cncn32)CC1)c1ccc(C(F)(F)F)cc1. The summed E-state index contributed by atoms with van der Waals surface area (Å²) in [4.78, 5) is 33.7. The summed E-state index contributed by atoms with van der Waals surface area (Å²) in [5.41, 5.74) is 3.11. The Morgan fingerprint density at radius 3 is 2.44 bits per heavy atom. The van der Waals surface area contributed by atoms with Crippen LogP contribution in [0, 0.1) is 5.92 Å². The van der Waals surface area contributed by atoms with E-state index < -0.39 is 11.7 Å². The largest absolute Gasteiger partial charge is 0.416 e. The molecule has 1 aromatic heterocycles. The third kappa shape index (κ3) is 4.62. The molecular formula is C27H27F3N4O2. The van der Waals surface area contributed by atoms with Crippen molar-refractivity contribution >= 4 is 17.4 Å². The standard InChI is InChI=1S/C27H27F3N4O2/c1-32(20-8-6-19(7-9-20)27(28,29)30)16-26(36)33-12-10-18(11-13-33)25(35)14-23-21-4-2-3-5-22(21)24-15-31-17-34(23)24/h2-9,15,17-18,23H,10-14,16H2,1H3. The van der Waals surface area contributed by atoms with Crippen LogP contribution in [0.15, 0.2) is 61.1 Å². The molecule has 1 saturated heterocycles. The van der Waals surface area contributed by atoms with Crippen LogP contribution in [0.3, 0.4) is 0 Å². The third-order valence-corrected chi connectivity index (χ3v) is 7.30. The summed E-state index contributed by atoms with van der Waals surface area (Å²) in [7, 11) is 1.68. The zero-order chi connectivity index (χ0) is 25.4. The molecule has 0 saturated carbocycles. The number of benzene rings is 2. The van der Waals surface area contributed by atoms with E-state index in [1.165, 1.54) is 12.1 Å². The summed E-state index contributed by atoms with van der Waals surface area (Å²) in [5.74, 6) is 0.00262. The maximum Gasteiger partial charge on any atom is 0.416 e. The minimum absolute atomic E-state index is 0.0526. The van der Waals surface area contributed by atoms with Gasteiger partial charge >= 0.3 is 6.18 Å². The number of carbonyl (C=O) groups is 2. The highest BCUT2D eigenvalue weighted by molar-refractivity contribution is 5.85. The first kappa shape index (κ1) is 24.1. The Kier molecular flexibility index (Phi) is 6.32. The first-order valence-electron chi connectivity index (χ1n) is 12.0. The quantitative estimate of drug-likeness (QED) is 0.492. The number of alkyl halides is 3. The Hall–Kier alpha value is -3.62.